The fourth-order valence-electron chi connectivity index (χ4n) is 2.52. The highest BCUT2D eigenvalue weighted by Crippen LogP contribution is 2.14. The molecule has 1 aromatic carbocycles. The van der Waals surface area contributed by atoms with Crippen LogP contribution in [0, 0.1) is 5.82 Å². The molecule has 0 radical (unpaired) electrons. The van der Waals surface area contributed by atoms with E-state index in [2.05, 4.69) is 0 Å². The lowest BCUT2D eigenvalue weighted by Gasteiger charge is -2.39. The van der Waals surface area contributed by atoms with Gasteiger partial charge in [0, 0.05) is 20.0 Å². The van der Waals surface area contributed by atoms with Gasteiger partial charge in [0.2, 0.25) is 17.7 Å². The van der Waals surface area contributed by atoms with E-state index in [0.717, 1.165) is 0 Å². The minimum absolute atomic E-state index is 0.0771. The van der Waals surface area contributed by atoms with Gasteiger partial charge in [-0.25, -0.2) is 4.39 Å². The van der Waals surface area contributed by atoms with E-state index in [1.54, 1.807) is 12.1 Å². The molecule has 1 saturated heterocycles. The van der Waals surface area contributed by atoms with E-state index in [0.29, 0.717) is 6.54 Å². The van der Waals surface area contributed by atoms with E-state index in [-0.39, 0.29) is 36.9 Å². The molecule has 0 bridgehead atoms. The molecule has 1 aliphatic heterocycles. The first-order chi connectivity index (χ1) is 10.4. The summed E-state index contributed by atoms with van der Waals surface area (Å²) in [6, 6.07) is 5.11. The van der Waals surface area contributed by atoms with Crippen molar-refractivity contribution in [3.63, 3.8) is 0 Å². The smallest absolute Gasteiger partial charge is 0.242 e. The summed E-state index contributed by atoms with van der Waals surface area (Å²) in [5.41, 5.74) is 5.60. The second kappa shape index (κ2) is 6.55. The number of piperazine rings is 1. The Morgan fingerprint density at radius 1 is 1.27 bits per heavy atom. The lowest BCUT2D eigenvalue weighted by molar-refractivity contribution is -0.146. The summed E-state index contributed by atoms with van der Waals surface area (Å²) in [6.07, 6.45) is -0.142. The molecule has 0 spiro atoms. The number of rotatable bonds is 3. The van der Waals surface area contributed by atoms with E-state index in [1.165, 1.54) is 28.9 Å². The van der Waals surface area contributed by atoms with Crippen molar-refractivity contribution in [2.24, 2.45) is 5.73 Å². The Morgan fingerprint density at radius 2 is 1.95 bits per heavy atom. The summed E-state index contributed by atoms with van der Waals surface area (Å²) in [5.74, 6) is -1.69. The highest BCUT2D eigenvalue weighted by atomic mass is 19.1. The molecule has 0 aromatic heterocycles. The third-order valence-corrected chi connectivity index (χ3v) is 3.77. The molecule has 0 unspecified atom stereocenters. The van der Waals surface area contributed by atoms with Crippen molar-refractivity contribution in [2.75, 3.05) is 19.6 Å². The van der Waals surface area contributed by atoms with Crippen LogP contribution < -0.4 is 5.73 Å². The molecule has 22 heavy (non-hydrogen) atoms. The second-order valence-corrected chi connectivity index (χ2v) is 5.24. The third-order valence-electron chi connectivity index (χ3n) is 3.77. The monoisotopic (exact) mass is 307 g/mol. The first-order valence-electron chi connectivity index (χ1n) is 6.98. The fraction of sp³-hybridized carbons (Fsp3) is 0.400. The van der Waals surface area contributed by atoms with Crippen LogP contribution in [0.2, 0.25) is 0 Å². The quantitative estimate of drug-likeness (QED) is 0.847. The van der Waals surface area contributed by atoms with Crippen LogP contribution >= 0.6 is 0 Å². The third kappa shape index (κ3) is 3.41. The molecule has 6 nitrogen and oxygen atoms in total. The van der Waals surface area contributed by atoms with Gasteiger partial charge in [0.1, 0.15) is 11.9 Å². The Labute approximate surface area is 127 Å². The molecule has 2 rings (SSSR count). The van der Waals surface area contributed by atoms with Gasteiger partial charge < -0.3 is 15.5 Å². The Bertz CT molecular complexity index is 605. The predicted octanol–water partition coefficient (Wildman–Crippen LogP) is -0.0872. The Morgan fingerprint density at radius 3 is 2.55 bits per heavy atom. The van der Waals surface area contributed by atoms with Gasteiger partial charge in [-0.3, -0.25) is 14.4 Å². The number of primary amides is 1. The van der Waals surface area contributed by atoms with Crippen molar-refractivity contribution in [3.8, 4) is 0 Å². The van der Waals surface area contributed by atoms with Crippen molar-refractivity contribution >= 4 is 17.7 Å². The number of halogens is 1. The molecular weight excluding hydrogens is 289 g/mol. The molecule has 0 saturated carbocycles. The van der Waals surface area contributed by atoms with Gasteiger partial charge in [-0.2, -0.15) is 0 Å². The number of hydrogen-bond donors (Lipinski definition) is 1. The van der Waals surface area contributed by atoms with Gasteiger partial charge in [-0.05, 0) is 11.6 Å². The van der Waals surface area contributed by atoms with E-state index >= 15 is 0 Å². The zero-order valence-electron chi connectivity index (χ0n) is 12.3. The van der Waals surface area contributed by atoms with Crippen LogP contribution in [0.5, 0.6) is 0 Å². The van der Waals surface area contributed by atoms with E-state index in [4.69, 9.17) is 5.73 Å². The van der Waals surface area contributed by atoms with E-state index in [1.807, 2.05) is 0 Å². The maximum atomic E-state index is 13.6. The van der Waals surface area contributed by atoms with Crippen LogP contribution in [-0.4, -0.2) is 53.2 Å². The second-order valence-electron chi connectivity index (χ2n) is 5.24. The number of nitrogens with zero attached hydrogens (tertiary/aromatic N) is 2. The van der Waals surface area contributed by atoms with Crippen LogP contribution in [0.3, 0.4) is 0 Å². The van der Waals surface area contributed by atoms with Crippen LogP contribution in [0.4, 0.5) is 4.39 Å². The largest absolute Gasteiger partial charge is 0.368 e. The van der Waals surface area contributed by atoms with Crippen LogP contribution in [0.25, 0.3) is 0 Å². The van der Waals surface area contributed by atoms with Crippen LogP contribution in [0.15, 0.2) is 24.3 Å². The van der Waals surface area contributed by atoms with E-state index in [9.17, 15) is 18.8 Å². The highest BCUT2D eigenvalue weighted by molar-refractivity contribution is 5.88. The number of hydrogen-bond acceptors (Lipinski definition) is 3. The molecule has 7 heteroatoms. The predicted molar refractivity (Wildman–Crippen MR) is 77.1 cm³/mol. The molecule has 1 aliphatic rings. The molecule has 1 aromatic rings. The summed E-state index contributed by atoms with van der Waals surface area (Å²) in [5, 5.41) is 0. The van der Waals surface area contributed by atoms with E-state index < -0.39 is 17.8 Å². The first-order valence-corrected chi connectivity index (χ1v) is 6.98. The normalized spacial score (nSPS) is 18.2. The maximum Gasteiger partial charge on any atom is 0.242 e. The lowest BCUT2D eigenvalue weighted by atomic mass is 10.1. The zero-order chi connectivity index (χ0) is 16.3. The summed E-state index contributed by atoms with van der Waals surface area (Å²) in [6.45, 7) is 2.02. The fourth-order valence-corrected chi connectivity index (χ4v) is 2.52. The molecule has 3 amide bonds. The first kappa shape index (κ1) is 15.9. The van der Waals surface area contributed by atoms with Crippen molar-refractivity contribution in [1.82, 2.24) is 9.80 Å². The maximum absolute atomic E-state index is 13.6. The molecular formula is C15H18FN3O3. The van der Waals surface area contributed by atoms with Gasteiger partial charge in [0.05, 0.1) is 13.0 Å². The van der Waals surface area contributed by atoms with Gasteiger partial charge in [0.15, 0.2) is 0 Å². The topological polar surface area (TPSA) is 83.7 Å². The van der Waals surface area contributed by atoms with Crippen molar-refractivity contribution in [1.29, 1.82) is 0 Å². The Hall–Kier alpha value is -2.44. The Kier molecular flexibility index (Phi) is 4.75. The van der Waals surface area contributed by atoms with Gasteiger partial charge in [-0.15, -0.1) is 0 Å². The molecule has 1 atom stereocenters. The number of carbonyl (C=O) groups excluding carboxylic acids is 3. The number of carbonyl (C=O) groups is 3. The van der Waals surface area contributed by atoms with Crippen LogP contribution in [-0.2, 0) is 20.8 Å². The number of amides is 3. The minimum Gasteiger partial charge on any atom is -0.368 e. The molecule has 1 fully saturated rings. The van der Waals surface area contributed by atoms with Gasteiger partial charge in [-0.1, -0.05) is 18.2 Å². The summed E-state index contributed by atoms with van der Waals surface area (Å²) in [4.78, 5) is 38.1. The van der Waals surface area contributed by atoms with Gasteiger partial charge >= 0.3 is 0 Å². The molecule has 2 N–H and O–H groups in total. The van der Waals surface area contributed by atoms with Crippen LogP contribution in [0.1, 0.15) is 12.5 Å². The Balaban J connectivity index is 2.12. The summed E-state index contributed by atoms with van der Waals surface area (Å²) in [7, 11) is 0. The molecule has 0 aliphatic carbocycles. The molecule has 118 valence electrons. The zero-order valence-corrected chi connectivity index (χ0v) is 12.3. The summed E-state index contributed by atoms with van der Waals surface area (Å²) < 4.78 is 13.6. The van der Waals surface area contributed by atoms with Gasteiger partial charge in [0.25, 0.3) is 0 Å². The average Bonchev–Trinajstić information content (AvgIpc) is 2.48. The molecule has 1 heterocycles. The highest BCUT2D eigenvalue weighted by Gasteiger charge is 2.34. The number of benzene rings is 1. The average molecular weight is 307 g/mol. The van der Waals surface area contributed by atoms with Crippen molar-refractivity contribution in [3.05, 3.63) is 35.6 Å². The lowest BCUT2D eigenvalue weighted by Crippen LogP contribution is -2.60. The minimum atomic E-state index is -0.878. The number of nitrogens with two attached hydrogens (primary N) is 1. The summed E-state index contributed by atoms with van der Waals surface area (Å²) >= 11 is 0. The van der Waals surface area contributed by atoms with Crippen molar-refractivity contribution < 1.29 is 18.8 Å². The van der Waals surface area contributed by atoms with Crippen molar-refractivity contribution in [2.45, 2.75) is 19.4 Å². The SMILES string of the molecule is CC(=O)N1CCN(C(=O)Cc2ccccc2F)[C@H](C(N)=O)C1. The standard InChI is InChI=1S/C15H18FN3O3/c1-10(20)18-6-7-19(13(9-18)15(17)22)14(21)8-11-4-2-3-5-12(11)16/h2-5,13H,6-9H2,1H3,(H2,17,22)/t13-/m0/s1.